The number of nitrogens with one attached hydrogen (secondary N) is 1. The van der Waals surface area contributed by atoms with Crippen molar-refractivity contribution in [2.24, 2.45) is 10.4 Å². The van der Waals surface area contributed by atoms with Gasteiger partial charge in [-0.1, -0.05) is 36.8 Å². The van der Waals surface area contributed by atoms with Crippen LogP contribution in [0.25, 0.3) is 0 Å². The van der Waals surface area contributed by atoms with Crippen molar-refractivity contribution in [2.45, 2.75) is 56.0 Å². The second kappa shape index (κ2) is 7.18. The minimum Gasteiger partial charge on any atom is -0.336 e. The van der Waals surface area contributed by atoms with E-state index in [2.05, 4.69) is 70.8 Å². The van der Waals surface area contributed by atoms with Gasteiger partial charge in [-0.2, -0.15) is 0 Å². The molecule has 1 aliphatic heterocycles. The summed E-state index contributed by atoms with van der Waals surface area (Å²) in [6, 6.07) is 11.0. The average Bonchev–Trinajstić information content (AvgIpc) is 2.97. The third-order valence-electron chi connectivity index (χ3n) is 7.79. The Labute approximate surface area is 169 Å². The molecular formula is C23H34N4O. The van der Waals surface area contributed by atoms with Gasteiger partial charge in [-0.15, -0.1) is 0 Å². The second-order valence-electron chi connectivity index (χ2n) is 9.36. The number of hydrogen-bond donors (Lipinski definition) is 1. The van der Waals surface area contributed by atoms with E-state index in [1.54, 1.807) is 0 Å². The number of urea groups is 1. The van der Waals surface area contributed by atoms with E-state index in [4.69, 9.17) is 0 Å². The van der Waals surface area contributed by atoms with Gasteiger partial charge in [-0.3, -0.25) is 4.90 Å². The molecule has 0 radical (unpaired) electrons. The summed E-state index contributed by atoms with van der Waals surface area (Å²) < 4.78 is 0. The van der Waals surface area contributed by atoms with Crippen molar-refractivity contribution in [3.63, 3.8) is 0 Å². The molecule has 1 aromatic carbocycles. The fraction of sp³-hybridized carbons (Fsp3) is 0.652. The first kappa shape index (κ1) is 19.4. The number of hydrogen-bond acceptors (Lipinski definition) is 3. The first-order valence-corrected chi connectivity index (χ1v) is 10.7. The van der Waals surface area contributed by atoms with Crippen molar-refractivity contribution < 1.29 is 4.79 Å². The molecule has 5 nitrogen and oxygen atoms in total. The summed E-state index contributed by atoms with van der Waals surface area (Å²) in [7, 11) is 6.25. The molecule has 152 valence electrons. The topological polar surface area (TPSA) is 47.9 Å². The van der Waals surface area contributed by atoms with E-state index in [1.807, 2.05) is 7.05 Å². The van der Waals surface area contributed by atoms with Gasteiger partial charge in [0.1, 0.15) is 0 Å². The van der Waals surface area contributed by atoms with Gasteiger partial charge < -0.3 is 15.2 Å². The van der Waals surface area contributed by atoms with Crippen LogP contribution in [0.4, 0.5) is 4.79 Å². The second-order valence-corrected chi connectivity index (χ2v) is 9.36. The van der Waals surface area contributed by atoms with Gasteiger partial charge in [0.05, 0.1) is 5.54 Å². The highest BCUT2D eigenvalue weighted by molar-refractivity contribution is 5.79. The molecule has 28 heavy (non-hydrogen) atoms. The molecule has 2 saturated carbocycles. The Morgan fingerprint density at radius 3 is 2.32 bits per heavy atom. The average molecular weight is 383 g/mol. The van der Waals surface area contributed by atoms with Crippen LogP contribution in [-0.4, -0.2) is 61.8 Å². The third kappa shape index (κ3) is 3.04. The number of aliphatic imine (C=N–C) groups is 1. The standard InChI is InChI=1S/C23H34N4O/c1-24-16-21(10-7-11-21)18-27-20(28)25-17-22(27)12-14-23(15-13-22,26(2)3)19-8-5-4-6-9-19/h4-6,8-9,16H,7,10-15,17-18H2,1-3H3,(H,25,28)/b24-16-/t22-,23+. The van der Waals surface area contributed by atoms with E-state index < -0.39 is 0 Å². The van der Waals surface area contributed by atoms with Crippen LogP contribution in [0.3, 0.4) is 0 Å². The third-order valence-corrected chi connectivity index (χ3v) is 7.79. The van der Waals surface area contributed by atoms with Gasteiger partial charge in [0.25, 0.3) is 0 Å². The van der Waals surface area contributed by atoms with Crippen molar-refractivity contribution in [3.8, 4) is 0 Å². The first-order chi connectivity index (χ1) is 13.5. The fourth-order valence-electron chi connectivity index (χ4n) is 5.75. The largest absolute Gasteiger partial charge is 0.336 e. The molecule has 0 atom stereocenters. The minimum atomic E-state index is -0.0461. The van der Waals surface area contributed by atoms with Crippen molar-refractivity contribution in [2.75, 3.05) is 34.2 Å². The summed E-state index contributed by atoms with van der Waals surface area (Å²) in [5.74, 6) is 0. The van der Waals surface area contributed by atoms with Gasteiger partial charge in [0, 0.05) is 37.3 Å². The molecule has 5 heteroatoms. The van der Waals surface area contributed by atoms with Gasteiger partial charge in [0.2, 0.25) is 0 Å². The minimum absolute atomic E-state index is 0.0461. The van der Waals surface area contributed by atoms with Crippen LogP contribution < -0.4 is 5.32 Å². The van der Waals surface area contributed by atoms with E-state index in [1.165, 1.54) is 12.0 Å². The molecule has 0 bridgehead atoms. The normalized spacial score (nSPS) is 32.1. The summed E-state index contributed by atoms with van der Waals surface area (Å²) in [4.78, 5) is 21.7. The fourth-order valence-corrected chi connectivity index (χ4v) is 5.75. The zero-order chi connectivity index (χ0) is 19.8. The Morgan fingerprint density at radius 2 is 1.79 bits per heavy atom. The van der Waals surface area contributed by atoms with Crippen molar-refractivity contribution in [1.29, 1.82) is 0 Å². The Morgan fingerprint density at radius 1 is 1.11 bits per heavy atom. The van der Waals surface area contributed by atoms with Crippen LogP contribution in [0, 0.1) is 5.41 Å². The monoisotopic (exact) mass is 382 g/mol. The molecule has 2 amide bonds. The Balaban J connectivity index is 1.57. The maximum atomic E-state index is 12.8. The zero-order valence-electron chi connectivity index (χ0n) is 17.6. The van der Waals surface area contributed by atoms with E-state index >= 15 is 0 Å². The Kier molecular flexibility index (Phi) is 4.98. The predicted molar refractivity (Wildman–Crippen MR) is 114 cm³/mol. The van der Waals surface area contributed by atoms with Crippen molar-refractivity contribution in [1.82, 2.24) is 15.1 Å². The lowest BCUT2D eigenvalue weighted by Crippen LogP contribution is -2.58. The van der Waals surface area contributed by atoms with Crippen LogP contribution in [0.2, 0.25) is 0 Å². The molecule has 0 unspecified atom stereocenters. The maximum Gasteiger partial charge on any atom is 0.318 e. The molecule has 1 heterocycles. The molecule has 2 aliphatic carbocycles. The number of rotatable bonds is 5. The molecular weight excluding hydrogens is 348 g/mol. The van der Waals surface area contributed by atoms with Crippen LogP contribution >= 0.6 is 0 Å². The summed E-state index contributed by atoms with van der Waals surface area (Å²) in [5.41, 5.74) is 1.50. The molecule has 0 aromatic heterocycles. The van der Waals surface area contributed by atoms with Gasteiger partial charge >= 0.3 is 6.03 Å². The number of amides is 2. The Bertz CT molecular complexity index is 730. The number of carbonyl (C=O) groups excluding carboxylic acids is 1. The molecule has 1 N–H and O–H groups in total. The number of nitrogens with zero attached hydrogens (tertiary/aromatic N) is 3. The summed E-state index contributed by atoms with van der Waals surface area (Å²) in [6.45, 7) is 1.60. The van der Waals surface area contributed by atoms with Crippen LogP contribution in [-0.2, 0) is 5.54 Å². The highest BCUT2D eigenvalue weighted by Crippen LogP contribution is 2.49. The van der Waals surface area contributed by atoms with Crippen LogP contribution in [0.1, 0.15) is 50.5 Å². The molecule has 3 aliphatic rings. The van der Waals surface area contributed by atoms with Crippen molar-refractivity contribution >= 4 is 12.2 Å². The van der Waals surface area contributed by atoms with E-state index in [0.717, 1.165) is 51.6 Å². The zero-order valence-corrected chi connectivity index (χ0v) is 17.6. The smallest absolute Gasteiger partial charge is 0.318 e. The maximum absolute atomic E-state index is 12.8. The molecule has 4 rings (SSSR count). The van der Waals surface area contributed by atoms with Crippen LogP contribution in [0.15, 0.2) is 35.3 Å². The lowest BCUT2D eigenvalue weighted by atomic mass is 9.66. The van der Waals surface area contributed by atoms with E-state index in [9.17, 15) is 4.79 Å². The lowest BCUT2D eigenvalue weighted by Gasteiger charge is -2.53. The molecule has 1 spiro atoms. The van der Waals surface area contributed by atoms with Gasteiger partial charge in [-0.25, -0.2) is 4.79 Å². The SMILES string of the molecule is C/N=C\C1(CN2C(=O)NC[C@]23CC[C@](c2ccccc2)(N(C)C)CC3)CCC1. The predicted octanol–water partition coefficient (Wildman–Crippen LogP) is 3.65. The lowest BCUT2D eigenvalue weighted by molar-refractivity contribution is 0.0108. The quantitative estimate of drug-likeness (QED) is 0.790. The van der Waals surface area contributed by atoms with Gasteiger partial charge in [-0.05, 0) is 58.2 Å². The highest BCUT2D eigenvalue weighted by atomic mass is 16.2. The highest BCUT2D eigenvalue weighted by Gasteiger charge is 2.54. The molecule has 1 aromatic rings. The molecule has 1 saturated heterocycles. The first-order valence-electron chi connectivity index (χ1n) is 10.7. The summed E-state index contributed by atoms with van der Waals surface area (Å²) in [5, 5.41) is 3.17. The van der Waals surface area contributed by atoms with E-state index in [0.29, 0.717) is 0 Å². The van der Waals surface area contributed by atoms with Crippen LogP contribution in [0.5, 0.6) is 0 Å². The van der Waals surface area contributed by atoms with Crippen molar-refractivity contribution in [3.05, 3.63) is 35.9 Å². The molecule has 3 fully saturated rings. The number of carbonyl (C=O) groups is 1. The van der Waals surface area contributed by atoms with E-state index in [-0.39, 0.29) is 22.5 Å². The Hall–Kier alpha value is -1.88. The summed E-state index contributed by atoms with van der Waals surface area (Å²) in [6.07, 6.45) is 9.87. The summed E-state index contributed by atoms with van der Waals surface area (Å²) >= 11 is 0. The van der Waals surface area contributed by atoms with Gasteiger partial charge in [0.15, 0.2) is 0 Å². The number of benzene rings is 1.